The third-order valence-electron chi connectivity index (χ3n) is 2.62. The molecule has 0 aromatic carbocycles. The minimum atomic E-state index is -0.750. The molecule has 0 saturated heterocycles. The standard InChI is InChI=1S/C14H27FO2S/c1-5-6-9-17-14(16)13(11(2)3)18-10-7-8-12(4)15/h11-13H,5-10H2,1-4H3. The quantitative estimate of drug-likeness (QED) is 0.442. The first-order valence-electron chi connectivity index (χ1n) is 6.91. The maximum absolute atomic E-state index is 12.6. The summed E-state index contributed by atoms with van der Waals surface area (Å²) in [6.07, 6.45) is 2.58. The molecule has 0 radical (unpaired) electrons. The van der Waals surface area contributed by atoms with Crippen molar-refractivity contribution in [3.8, 4) is 0 Å². The fourth-order valence-electron chi connectivity index (χ4n) is 1.51. The molecule has 2 nitrogen and oxygen atoms in total. The third-order valence-corrected chi connectivity index (χ3v) is 4.24. The van der Waals surface area contributed by atoms with E-state index in [4.69, 9.17) is 4.74 Å². The predicted molar refractivity (Wildman–Crippen MR) is 76.8 cm³/mol. The lowest BCUT2D eigenvalue weighted by Crippen LogP contribution is -2.26. The van der Waals surface area contributed by atoms with E-state index in [1.165, 1.54) is 0 Å². The van der Waals surface area contributed by atoms with E-state index in [0.29, 0.717) is 13.0 Å². The number of rotatable bonds is 10. The van der Waals surface area contributed by atoms with Crippen LogP contribution < -0.4 is 0 Å². The van der Waals surface area contributed by atoms with Gasteiger partial charge in [0.1, 0.15) is 5.25 Å². The molecule has 18 heavy (non-hydrogen) atoms. The topological polar surface area (TPSA) is 26.3 Å². The van der Waals surface area contributed by atoms with Crippen molar-refractivity contribution in [2.24, 2.45) is 5.92 Å². The highest BCUT2D eigenvalue weighted by molar-refractivity contribution is 8.00. The van der Waals surface area contributed by atoms with Crippen molar-refractivity contribution < 1.29 is 13.9 Å². The van der Waals surface area contributed by atoms with Crippen LogP contribution in [-0.4, -0.2) is 29.8 Å². The molecule has 0 amide bonds. The van der Waals surface area contributed by atoms with E-state index in [9.17, 15) is 9.18 Å². The third kappa shape index (κ3) is 8.78. The lowest BCUT2D eigenvalue weighted by molar-refractivity contribution is -0.143. The number of unbranched alkanes of at least 4 members (excludes halogenated alkanes) is 1. The lowest BCUT2D eigenvalue weighted by atomic mass is 10.1. The van der Waals surface area contributed by atoms with Gasteiger partial charge in [0.2, 0.25) is 0 Å². The molecule has 0 aliphatic heterocycles. The molecule has 0 spiro atoms. The van der Waals surface area contributed by atoms with Crippen LogP contribution in [-0.2, 0) is 9.53 Å². The van der Waals surface area contributed by atoms with Gasteiger partial charge >= 0.3 is 5.97 Å². The molecule has 0 aliphatic carbocycles. The molecule has 2 atom stereocenters. The SMILES string of the molecule is CCCCOC(=O)C(SCCCC(C)F)C(C)C. The van der Waals surface area contributed by atoms with Crippen LogP contribution in [0.15, 0.2) is 0 Å². The number of hydrogen-bond donors (Lipinski definition) is 0. The summed E-state index contributed by atoms with van der Waals surface area (Å²) < 4.78 is 17.9. The summed E-state index contributed by atoms with van der Waals surface area (Å²) in [5.41, 5.74) is 0. The maximum atomic E-state index is 12.6. The van der Waals surface area contributed by atoms with E-state index in [2.05, 4.69) is 6.92 Å². The molecule has 0 saturated carbocycles. The zero-order chi connectivity index (χ0) is 14.0. The van der Waals surface area contributed by atoms with Gasteiger partial charge in [-0.3, -0.25) is 4.79 Å². The Morgan fingerprint density at radius 1 is 1.28 bits per heavy atom. The monoisotopic (exact) mass is 278 g/mol. The molecule has 0 rings (SSSR count). The number of ether oxygens (including phenoxy) is 1. The summed E-state index contributed by atoms with van der Waals surface area (Å²) in [5.74, 6) is 0.962. The summed E-state index contributed by atoms with van der Waals surface area (Å²) in [6.45, 7) is 8.21. The number of thioether (sulfide) groups is 1. The molecular formula is C14H27FO2S. The minimum absolute atomic E-state index is 0.114. The predicted octanol–water partition coefficient (Wildman–Crippen LogP) is 4.23. The summed E-state index contributed by atoms with van der Waals surface area (Å²) >= 11 is 1.60. The van der Waals surface area contributed by atoms with Gasteiger partial charge in [-0.2, -0.15) is 0 Å². The normalized spacial score (nSPS) is 14.6. The first kappa shape index (κ1) is 17.8. The zero-order valence-electron chi connectivity index (χ0n) is 12.1. The molecule has 0 aromatic heterocycles. The molecule has 0 fully saturated rings. The number of carbonyl (C=O) groups excluding carboxylic acids is 1. The summed E-state index contributed by atoms with van der Waals surface area (Å²) in [6, 6.07) is 0. The Kier molecular flexibility index (Phi) is 10.5. The van der Waals surface area contributed by atoms with E-state index in [-0.39, 0.29) is 17.1 Å². The van der Waals surface area contributed by atoms with Crippen LogP contribution in [0, 0.1) is 5.92 Å². The highest BCUT2D eigenvalue weighted by Gasteiger charge is 2.23. The van der Waals surface area contributed by atoms with Gasteiger partial charge in [-0.25, -0.2) is 4.39 Å². The first-order valence-corrected chi connectivity index (χ1v) is 7.96. The lowest BCUT2D eigenvalue weighted by Gasteiger charge is -2.19. The van der Waals surface area contributed by atoms with Gasteiger partial charge in [0.05, 0.1) is 12.8 Å². The fraction of sp³-hybridized carbons (Fsp3) is 0.929. The van der Waals surface area contributed by atoms with Gasteiger partial charge in [-0.05, 0) is 37.9 Å². The van der Waals surface area contributed by atoms with Crippen LogP contribution in [0.1, 0.15) is 53.4 Å². The number of halogens is 1. The van der Waals surface area contributed by atoms with Gasteiger partial charge < -0.3 is 4.74 Å². The Labute approximate surface area is 115 Å². The minimum Gasteiger partial charge on any atom is -0.465 e. The molecular weight excluding hydrogens is 251 g/mol. The summed E-state index contributed by atoms with van der Waals surface area (Å²) in [7, 11) is 0. The Hall–Kier alpha value is -0.250. The van der Waals surface area contributed by atoms with Crippen LogP contribution in [0.3, 0.4) is 0 Å². The van der Waals surface area contributed by atoms with Crippen molar-refractivity contribution in [2.75, 3.05) is 12.4 Å². The largest absolute Gasteiger partial charge is 0.465 e. The van der Waals surface area contributed by atoms with Crippen LogP contribution in [0.25, 0.3) is 0 Å². The maximum Gasteiger partial charge on any atom is 0.319 e. The van der Waals surface area contributed by atoms with E-state index >= 15 is 0 Å². The van der Waals surface area contributed by atoms with Crippen molar-refractivity contribution in [2.45, 2.75) is 64.8 Å². The molecule has 0 heterocycles. The van der Waals surface area contributed by atoms with E-state index in [1.54, 1.807) is 18.7 Å². The van der Waals surface area contributed by atoms with Crippen molar-refractivity contribution in [1.29, 1.82) is 0 Å². The average molecular weight is 278 g/mol. The Morgan fingerprint density at radius 2 is 1.94 bits per heavy atom. The van der Waals surface area contributed by atoms with Crippen molar-refractivity contribution >= 4 is 17.7 Å². The smallest absolute Gasteiger partial charge is 0.319 e. The number of carbonyl (C=O) groups is 1. The van der Waals surface area contributed by atoms with Gasteiger partial charge in [0.15, 0.2) is 0 Å². The molecule has 0 bridgehead atoms. The second kappa shape index (κ2) is 10.7. The van der Waals surface area contributed by atoms with E-state index in [0.717, 1.165) is 25.0 Å². The summed E-state index contributed by atoms with van der Waals surface area (Å²) in [5, 5.41) is -0.114. The highest BCUT2D eigenvalue weighted by atomic mass is 32.2. The molecule has 0 aliphatic rings. The number of alkyl halides is 1. The number of hydrogen-bond acceptors (Lipinski definition) is 3. The van der Waals surface area contributed by atoms with Gasteiger partial charge in [0, 0.05) is 0 Å². The van der Waals surface area contributed by atoms with Crippen molar-refractivity contribution in [3.63, 3.8) is 0 Å². The molecule has 0 N–H and O–H groups in total. The van der Waals surface area contributed by atoms with Crippen LogP contribution >= 0.6 is 11.8 Å². The highest BCUT2D eigenvalue weighted by Crippen LogP contribution is 2.22. The number of esters is 1. The van der Waals surface area contributed by atoms with Gasteiger partial charge in [-0.15, -0.1) is 11.8 Å². The fourth-order valence-corrected chi connectivity index (χ4v) is 2.68. The van der Waals surface area contributed by atoms with Crippen molar-refractivity contribution in [3.05, 3.63) is 0 Å². The van der Waals surface area contributed by atoms with Crippen LogP contribution in [0.5, 0.6) is 0 Å². The second-order valence-electron chi connectivity index (χ2n) is 4.98. The Bertz CT molecular complexity index is 220. The Balaban J connectivity index is 3.94. The molecule has 108 valence electrons. The first-order chi connectivity index (χ1) is 8.49. The van der Waals surface area contributed by atoms with Crippen molar-refractivity contribution in [1.82, 2.24) is 0 Å². The van der Waals surface area contributed by atoms with E-state index < -0.39 is 6.17 Å². The molecule has 4 heteroatoms. The van der Waals surface area contributed by atoms with Gasteiger partial charge in [0.25, 0.3) is 0 Å². The van der Waals surface area contributed by atoms with Crippen LogP contribution in [0.4, 0.5) is 4.39 Å². The molecule has 0 aromatic rings. The summed E-state index contributed by atoms with van der Waals surface area (Å²) in [4.78, 5) is 11.9. The van der Waals surface area contributed by atoms with Crippen LogP contribution in [0.2, 0.25) is 0 Å². The average Bonchev–Trinajstić information content (AvgIpc) is 2.28. The second-order valence-corrected chi connectivity index (χ2v) is 6.23. The van der Waals surface area contributed by atoms with Gasteiger partial charge in [-0.1, -0.05) is 27.2 Å². The Morgan fingerprint density at radius 3 is 2.44 bits per heavy atom. The molecule has 2 unspecified atom stereocenters. The van der Waals surface area contributed by atoms with E-state index in [1.807, 2.05) is 13.8 Å². The zero-order valence-corrected chi connectivity index (χ0v) is 12.9.